The molecule has 0 amide bonds. The summed E-state index contributed by atoms with van der Waals surface area (Å²) in [6, 6.07) is 4.47. The molecule has 0 saturated heterocycles. The van der Waals surface area contributed by atoms with Crippen LogP contribution < -0.4 is 0 Å². The predicted molar refractivity (Wildman–Crippen MR) is 39.8 cm³/mol. The quantitative estimate of drug-likeness (QED) is 0.632. The second-order valence-corrected chi connectivity index (χ2v) is 2.64. The molecule has 1 aromatic rings. The maximum atomic E-state index is 12.5. The van der Waals surface area contributed by atoms with Crippen LogP contribution >= 0.6 is 11.8 Å². The second-order valence-electron chi connectivity index (χ2n) is 1.79. The van der Waals surface area contributed by atoms with Crippen LogP contribution in [0, 0.1) is 5.82 Å². The fourth-order valence-electron chi connectivity index (χ4n) is 0.660. The molecule has 0 heterocycles. The van der Waals surface area contributed by atoms with Gasteiger partial charge < -0.3 is 5.11 Å². The molecule has 0 fully saturated rings. The Kier molecular flexibility index (Phi) is 2.17. The lowest BCUT2D eigenvalue weighted by molar-refractivity contribution is 0.420. The Morgan fingerprint density at radius 1 is 1.50 bits per heavy atom. The van der Waals surface area contributed by atoms with Gasteiger partial charge in [0.05, 0.1) is 4.90 Å². The monoisotopic (exact) mass is 158 g/mol. The number of phenolic OH excluding ortho intramolecular Hbond substituents is 1. The van der Waals surface area contributed by atoms with Gasteiger partial charge >= 0.3 is 0 Å². The third-order valence-electron chi connectivity index (χ3n) is 1.17. The van der Waals surface area contributed by atoms with Crippen LogP contribution in [0.1, 0.15) is 0 Å². The normalized spacial score (nSPS) is 9.80. The van der Waals surface area contributed by atoms with Crippen molar-refractivity contribution in [1.82, 2.24) is 0 Å². The van der Waals surface area contributed by atoms with E-state index < -0.39 is 5.82 Å². The summed E-state index contributed by atoms with van der Waals surface area (Å²) >= 11 is 1.32. The van der Waals surface area contributed by atoms with E-state index in [1.54, 1.807) is 18.4 Å². The van der Waals surface area contributed by atoms with Crippen molar-refractivity contribution >= 4 is 11.8 Å². The Morgan fingerprint density at radius 2 is 2.20 bits per heavy atom. The van der Waals surface area contributed by atoms with Crippen molar-refractivity contribution in [2.45, 2.75) is 4.90 Å². The molecule has 10 heavy (non-hydrogen) atoms. The van der Waals surface area contributed by atoms with Gasteiger partial charge in [0.2, 0.25) is 0 Å². The minimum absolute atomic E-state index is 0.255. The molecule has 0 saturated carbocycles. The van der Waals surface area contributed by atoms with Crippen molar-refractivity contribution in [3.8, 4) is 5.75 Å². The number of hydrogen-bond donors (Lipinski definition) is 1. The molecule has 3 heteroatoms. The number of phenols is 1. The first-order chi connectivity index (χ1) is 4.75. The van der Waals surface area contributed by atoms with E-state index in [1.165, 1.54) is 17.8 Å². The highest BCUT2D eigenvalue weighted by Gasteiger charge is 2.03. The summed E-state index contributed by atoms with van der Waals surface area (Å²) in [4.78, 5) is 0.569. The van der Waals surface area contributed by atoms with E-state index in [0.29, 0.717) is 4.90 Å². The maximum absolute atomic E-state index is 12.5. The van der Waals surface area contributed by atoms with Crippen molar-refractivity contribution in [3.63, 3.8) is 0 Å². The molecule has 0 bridgehead atoms. The summed E-state index contributed by atoms with van der Waals surface area (Å²) in [5.74, 6) is -0.818. The third kappa shape index (κ3) is 1.24. The molecular weight excluding hydrogens is 151 g/mol. The lowest BCUT2D eigenvalue weighted by Gasteiger charge is -1.99. The molecule has 0 aliphatic carbocycles. The molecule has 0 aromatic heterocycles. The lowest BCUT2D eigenvalue weighted by Crippen LogP contribution is -1.77. The minimum Gasteiger partial charge on any atom is -0.504 e. The van der Waals surface area contributed by atoms with Gasteiger partial charge in [-0.15, -0.1) is 11.8 Å². The zero-order valence-electron chi connectivity index (χ0n) is 5.47. The zero-order chi connectivity index (χ0) is 7.56. The highest BCUT2D eigenvalue weighted by Crippen LogP contribution is 2.28. The first-order valence-corrected chi connectivity index (χ1v) is 3.99. The number of benzene rings is 1. The van der Waals surface area contributed by atoms with Crippen molar-refractivity contribution in [2.75, 3.05) is 6.26 Å². The predicted octanol–water partition coefficient (Wildman–Crippen LogP) is 2.25. The summed E-state index contributed by atoms with van der Waals surface area (Å²) < 4.78 is 12.5. The summed E-state index contributed by atoms with van der Waals surface area (Å²) in [5.41, 5.74) is 0. The Hall–Kier alpha value is -0.700. The van der Waals surface area contributed by atoms with E-state index in [1.807, 2.05) is 0 Å². The van der Waals surface area contributed by atoms with Crippen LogP contribution in [-0.2, 0) is 0 Å². The SMILES string of the molecule is CSc1cccc(F)c1O. The van der Waals surface area contributed by atoms with Gasteiger partial charge in [0.1, 0.15) is 0 Å². The van der Waals surface area contributed by atoms with E-state index >= 15 is 0 Å². The molecule has 0 radical (unpaired) electrons. The molecule has 1 aromatic carbocycles. The van der Waals surface area contributed by atoms with Crippen LogP contribution in [-0.4, -0.2) is 11.4 Å². The molecule has 0 spiro atoms. The average molecular weight is 158 g/mol. The molecule has 54 valence electrons. The zero-order valence-corrected chi connectivity index (χ0v) is 6.28. The van der Waals surface area contributed by atoms with Gasteiger partial charge in [0.15, 0.2) is 11.6 Å². The van der Waals surface area contributed by atoms with Gasteiger partial charge in [-0.2, -0.15) is 0 Å². The molecule has 1 rings (SSSR count). The number of halogens is 1. The van der Waals surface area contributed by atoms with Gasteiger partial charge in [-0.1, -0.05) is 6.07 Å². The van der Waals surface area contributed by atoms with Crippen LogP contribution in [0.15, 0.2) is 23.1 Å². The lowest BCUT2D eigenvalue weighted by atomic mass is 10.3. The molecular formula is C7H7FOS. The maximum Gasteiger partial charge on any atom is 0.165 e. The first-order valence-electron chi connectivity index (χ1n) is 2.77. The molecule has 0 aliphatic rings. The number of aromatic hydroxyl groups is 1. The summed E-state index contributed by atoms with van der Waals surface area (Å²) in [6.45, 7) is 0. The number of hydrogen-bond acceptors (Lipinski definition) is 2. The van der Waals surface area contributed by atoms with Crippen LogP contribution in [0.2, 0.25) is 0 Å². The van der Waals surface area contributed by atoms with Crippen LogP contribution in [0.4, 0.5) is 4.39 Å². The molecule has 0 aliphatic heterocycles. The Balaban J connectivity index is 3.14. The average Bonchev–Trinajstić information content (AvgIpc) is 1.95. The highest BCUT2D eigenvalue weighted by atomic mass is 32.2. The number of thioether (sulfide) groups is 1. The van der Waals surface area contributed by atoms with Crippen molar-refractivity contribution in [1.29, 1.82) is 0 Å². The van der Waals surface area contributed by atoms with Crippen LogP contribution in [0.25, 0.3) is 0 Å². The van der Waals surface area contributed by atoms with Gasteiger partial charge in [0, 0.05) is 0 Å². The van der Waals surface area contributed by atoms with Gasteiger partial charge in [0.25, 0.3) is 0 Å². The summed E-state index contributed by atoms with van der Waals surface area (Å²) in [7, 11) is 0. The smallest absolute Gasteiger partial charge is 0.165 e. The van der Waals surface area contributed by atoms with E-state index in [0.717, 1.165) is 0 Å². The Labute approximate surface area is 62.9 Å². The third-order valence-corrected chi connectivity index (χ3v) is 1.94. The van der Waals surface area contributed by atoms with E-state index in [2.05, 4.69) is 0 Å². The first kappa shape index (κ1) is 7.41. The molecule has 1 N–H and O–H groups in total. The summed E-state index contributed by atoms with van der Waals surface area (Å²) in [6.07, 6.45) is 1.79. The fraction of sp³-hybridized carbons (Fsp3) is 0.143. The minimum atomic E-state index is -0.563. The Morgan fingerprint density at radius 3 is 2.70 bits per heavy atom. The molecule has 0 unspecified atom stereocenters. The van der Waals surface area contributed by atoms with Crippen molar-refractivity contribution < 1.29 is 9.50 Å². The van der Waals surface area contributed by atoms with Crippen LogP contribution in [0.3, 0.4) is 0 Å². The van der Waals surface area contributed by atoms with E-state index in [-0.39, 0.29) is 5.75 Å². The number of para-hydroxylation sites is 1. The van der Waals surface area contributed by atoms with Gasteiger partial charge in [-0.05, 0) is 18.4 Å². The van der Waals surface area contributed by atoms with Crippen molar-refractivity contribution in [2.24, 2.45) is 0 Å². The Bertz CT molecular complexity index is 237. The fourth-order valence-corrected chi connectivity index (χ4v) is 1.17. The topological polar surface area (TPSA) is 20.2 Å². The standard InChI is InChI=1S/C7H7FOS/c1-10-6-4-2-3-5(8)7(6)9/h2-4,9H,1H3. The van der Waals surface area contributed by atoms with E-state index in [4.69, 9.17) is 5.11 Å². The van der Waals surface area contributed by atoms with E-state index in [9.17, 15) is 4.39 Å². The molecule has 0 atom stereocenters. The largest absolute Gasteiger partial charge is 0.504 e. The highest BCUT2D eigenvalue weighted by molar-refractivity contribution is 7.98. The van der Waals surface area contributed by atoms with Gasteiger partial charge in [-0.25, -0.2) is 4.39 Å². The molecule has 1 nitrogen and oxygen atoms in total. The van der Waals surface area contributed by atoms with Crippen LogP contribution in [0.5, 0.6) is 5.75 Å². The number of rotatable bonds is 1. The van der Waals surface area contributed by atoms with Crippen molar-refractivity contribution in [3.05, 3.63) is 24.0 Å². The second kappa shape index (κ2) is 2.92. The summed E-state index contributed by atoms with van der Waals surface area (Å²) in [5, 5.41) is 9.00. The van der Waals surface area contributed by atoms with Gasteiger partial charge in [-0.3, -0.25) is 0 Å².